The molecule has 2 aromatic carbocycles. The number of hydrogen-bond donors (Lipinski definition) is 2. The van der Waals surface area contributed by atoms with Crippen molar-refractivity contribution >= 4 is 46.3 Å². The molecule has 3 N–H and O–H groups in total. The molecular weight excluding hydrogens is 382 g/mol. The summed E-state index contributed by atoms with van der Waals surface area (Å²) < 4.78 is 4.70. The van der Waals surface area contributed by atoms with Crippen LogP contribution in [-0.4, -0.2) is 37.0 Å². The van der Waals surface area contributed by atoms with E-state index >= 15 is 0 Å². The predicted molar refractivity (Wildman–Crippen MR) is 107 cm³/mol. The van der Waals surface area contributed by atoms with Crippen LogP contribution in [0.4, 0.5) is 11.4 Å². The summed E-state index contributed by atoms with van der Waals surface area (Å²) in [6, 6.07) is 8.03. The molecule has 7 nitrogen and oxygen atoms in total. The van der Waals surface area contributed by atoms with Crippen LogP contribution in [0.2, 0.25) is 5.02 Å². The molecule has 0 radical (unpaired) electrons. The SMILES string of the molecule is COC(=O)c1cc(N)c(C(=O)CCN=C2C(=O)Nc3cc(Cl)ccc32)cc1C. The second-order valence-electron chi connectivity index (χ2n) is 6.29. The number of amides is 1. The molecule has 1 aliphatic rings. The normalized spacial score (nSPS) is 14.0. The highest BCUT2D eigenvalue weighted by Gasteiger charge is 2.25. The van der Waals surface area contributed by atoms with Crippen molar-refractivity contribution in [3.63, 3.8) is 0 Å². The average molecular weight is 400 g/mol. The number of carbonyl (C=O) groups excluding carboxylic acids is 3. The lowest BCUT2D eigenvalue weighted by Crippen LogP contribution is -2.15. The molecule has 3 rings (SSSR count). The third-order valence-electron chi connectivity index (χ3n) is 4.41. The van der Waals surface area contributed by atoms with E-state index in [2.05, 4.69) is 10.3 Å². The van der Waals surface area contributed by atoms with E-state index in [1.54, 1.807) is 31.2 Å². The minimum Gasteiger partial charge on any atom is -0.465 e. The second kappa shape index (κ2) is 7.82. The number of methoxy groups -OCH3 is 1. The zero-order valence-corrected chi connectivity index (χ0v) is 16.1. The molecule has 144 valence electrons. The lowest BCUT2D eigenvalue weighted by Gasteiger charge is -2.09. The maximum Gasteiger partial charge on any atom is 0.338 e. The van der Waals surface area contributed by atoms with E-state index in [1.165, 1.54) is 13.2 Å². The van der Waals surface area contributed by atoms with Gasteiger partial charge in [-0.15, -0.1) is 0 Å². The number of nitrogen functional groups attached to an aromatic ring is 1. The largest absolute Gasteiger partial charge is 0.465 e. The summed E-state index contributed by atoms with van der Waals surface area (Å²) >= 11 is 5.92. The third kappa shape index (κ3) is 3.75. The summed E-state index contributed by atoms with van der Waals surface area (Å²) in [7, 11) is 1.28. The third-order valence-corrected chi connectivity index (χ3v) is 4.65. The zero-order chi connectivity index (χ0) is 20.4. The van der Waals surface area contributed by atoms with Crippen molar-refractivity contribution in [2.45, 2.75) is 13.3 Å². The van der Waals surface area contributed by atoms with E-state index < -0.39 is 5.97 Å². The van der Waals surface area contributed by atoms with E-state index in [-0.39, 0.29) is 36.1 Å². The Hall–Kier alpha value is -3.19. The Balaban J connectivity index is 1.75. The Morgan fingerprint density at radius 3 is 2.68 bits per heavy atom. The molecule has 0 bridgehead atoms. The van der Waals surface area contributed by atoms with Gasteiger partial charge in [0, 0.05) is 34.8 Å². The Kier molecular flexibility index (Phi) is 5.46. The molecular formula is C20H18ClN3O4. The van der Waals surface area contributed by atoms with Crippen LogP contribution in [0, 0.1) is 6.92 Å². The number of nitrogens with zero attached hydrogens (tertiary/aromatic N) is 1. The van der Waals surface area contributed by atoms with Gasteiger partial charge in [0.1, 0.15) is 5.71 Å². The molecule has 1 aliphatic heterocycles. The number of nitrogens with two attached hydrogens (primary N) is 1. The summed E-state index contributed by atoms with van der Waals surface area (Å²) in [5.74, 6) is -1.07. The number of carbonyl (C=O) groups is 3. The topological polar surface area (TPSA) is 111 Å². The van der Waals surface area contributed by atoms with Crippen molar-refractivity contribution < 1.29 is 19.1 Å². The minimum atomic E-state index is -0.513. The van der Waals surface area contributed by atoms with Crippen molar-refractivity contribution in [3.05, 3.63) is 57.6 Å². The van der Waals surface area contributed by atoms with Gasteiger partial charge in [-0.25, -0.2) is 4.79 Å². The van der Waals surface area contributed by atoms with Crippen molar-refractivity contribution in [3.8, 4) is 0 Å². The molecule has 0 unspecified atom stereocenters. The standard InChI is InChI=1S/C20H18ClN3O4/c1-10-7-14(15(22)9-13(10)20(27)28-2)17(25)5-6-23-18-12-4-3-11(21)8-16(12)24-19(18)26/h3-4,7-9H,5-6,22H2,1-2H3,(H,23,24,26). The first-order chi connectivity index (χ1) is 13.3. The van der Waals surface area contributed by atoms with Gasteiger partial charge in [0.05, 0.1) is 18.4 Å². The van der Waals surface area contributed by atoms with E-state index in [4.69, 9.17) is 22.1 Å². The number of ketones is 1. The molecule has 28 heavy (non-hydrogen) atoms. The molecule has 0 atom stereocenters. The van der Waals surface area contributed by atoms with E-state index in [0.717, 1.165) is 0 Å². The van der Waals surface area contributed by atoms with Crippen LogP contribution in [0.25, 0.3) is 0 Å². The number of hydrogen-bond acceptors (Lipinski definition) is 6. The van der Waals surface area contributed by atoms with Gasteiger partial charge in [-0.2, -0.15) is 0 Å². The van der Waals surface area contributed by atoms with Crippen LogP contribution in [0.1, 0.15) is 38.3 Å². The molecule has 0 aliphatic carbocycles. The minimum absolute atomic E-state index is 0.0704. The summed E-state index contributed by atoms with van der Waals surface area (Å²) in [5.41, 5.74) is 8.87. The number of ether oxygens (including phenoxy) is 1. The number of esters is 1. The van der Waals surface area contributed by atoms with Crippen molar-refractivity contribution in [1.82, 2.24) is 0 Å². The highest BCUT2D eigenvalue weighted by molar-refractivity contribution is 6.54. The molecule has 0 spiro atoms. The molecule has 0 saturated heterocycles. The summed E-state index contributed by atoms with van der Waals surface area (Å²) in [6.07, 6.45) is 0.0704. The van der Waals surface area contributed by atoms with E-state index in [1.807, 2.05) is 0 Å². The number of aliphatic imine (C=N–C) groups is 1. The lowest BCUT2D eigenvalue weighted by molar-refractivity contribution is -0.110. The number of nitrogens with one attached hydrogen (secondary N) is 1. The first kappa shape index (κ1) is 19.6. The van der Waals surface area contributed by atoms with E-state index in [0.29, 0.717) is 33.0 Å². The van der Waals surface area contributed by atoms with Gasteiger partial charge in [-0.05, 0) is 42.8 Å². The number of Topliss-reactive ketones (excluding diaryl/α,β-unsaturated/α-hetero) is 1. The Labute approximate surface area is 166 Å². The Bertz CT molecular complexity index is 1030. The zero-order valence-electron chi connectivity index (χ0n) is 15.3. The van der Waals surface area contributed by atoms with Gasteiger partial charge in [0.25, 0.3) is 5.91 Å². The van der Waals surface area contributed by atoms with Crippen LogP contribution in [0.5, 0.6) is 0 Å². The fourth-order valence-electron chi connectivity index (χ4n) is 2.99. The first-order valence-corrected chi connectivity index (χ1v) is 8.87. The lowest BCUT2D eigenvalue weighted by atomic mass is 9.99. The average Bonchev–Trinajstić information content (AvgIpc) is 2.96. The molecule has 1 heterocycles. The van der Waals surface area contributed by atoms with Gasteiger partial charge in [0.15, 0.2) is 5.78 Å². The quantitative estimate of drug-likeness (QED) is 0.456. The van der Waals surface area contributed by atoms with Crippen molar-refractivity contribution in [2.24, 2.45) is 4.99 Å². The fourth-order valence-corrected chi connectivity index (χ4v) is 3.16. The highest BCUT2D eigenvalue weighted by atomic mass is 35.5. The number of rotatable bonds is 5. The number of halogens is 1. The van der Waals surface area contributed by atoms with Gasteiger partial charge in [-0.1, -0.05) is 11.6 Å². The summed E-state index contributed by atoms with van der Waals surface area (Å²) in [4.78, 5) is 40.6. The van der Waals surface area contributed by atoms with Crippen LogP contribution < -0.4 is 11.1 Å². The molecule has 2 aromatic rings. The van der Waals surface area contributed by atoms with Crippen LogP contribution in [0.15, 0.2) is 35.3 Å². The second-order valence-corrected chi connectivity index (χ2v) is 6.73. The number of fused-ring (bicyclic) bond motifs is 1. The van der Waals surface area contributed by atoms with Gasteiger partial charge >= 0.3 is 5.97 Å². The molecule has 8 heteroatoms. The molecule has 0 fully saturated rings. The van der Waals surface area contributed by atoms with Crippen LogP contribution in [0.3, 0.4) is 0 Å². The Morgan fingerprint density at radius 1 is 1.21 bits per heavy atom. The van der Waals surface area contributed by atoms with Crippen LogP contribution >= 0.6 is 11.6 Å². The monoisotopic (exact) mass is 399 g/mol. The molecule has 1 amide bonds. The fraction of sp³-hybridized carbons (Fsp3) is 0.200. The maximum atomic E-state index is 12.5. The number of anilines is 2. The Morgan fingerprint density at radius 2 is 1.96 bits per heavy atom. The predicted octanol–water partition coefficient (Wildman–Crippen LogP) is 3.03. The smallest absolute Gasteiger partial charge is 0.338 e. The molecule has 0 saturated carbocycles. The number of aryl methyl sites for hydroxylation is 1. The van der Waals surface area contributed by atoms with Crippen molar-refractivity contribution in [1.29, 1.82) is 0 Å². The highest BCUT2D eigenvalue weighted by Crippen LogP contribution is 2.27. The first-order valence-electron chi connectivity index (χ1n) is 8.49. The number of benzene rings is 2. The van der Waals surface area contributed by atoms with E-state index in [9.17, 15) is 14.4 Å². The summed E-state index contributed by atoms with van der Waals surface area (Å²) in [5, 5.41) is 3.21. The van der Waals surface area contributed by atoms with Gasteiger partial charge in [0.2, 0.25) is 0 Å². The van der Waals surface area contributed by atoms with Crippen LogP contribution in [-0.2, 0) is 9.53 Å². The summed E-state index contributed by atoms with van der Waals surface area (Å²) in [6.45, 7) is 1.83. The van der Waals surface area contributed by atoms with Gasteiger partial charge in [-0.3, -0.25) is 14.6 Å². The maximum absolute atomic E-state index is 12.5. The van der Waals surface area contributed by atoms with Crippen molar-refractivity contribution in [2.75, 3.05) is 24.7 Å². The van der Waals surface area contributed by atoms with Gasteiger partial charge < -0.3 is 15.8 Å². The molecule has 0 aromatic heterocycles.